The summed E-state index contributed by atoms with van der Waals surface area (Å²) >= 11 is 0. The number of esters is 1. The lowest BCUT2D eigenvalue weighted by molar-refractivity contribution is -0.146. The van der Waals surface area contributed by atoms with Crippen molar-refractivity contribution in [2.45, 2.75) is 26.3 Å². The van der Waals surface area contributed by atoms with Crippen molar-refractivity contribution in [2.24, 2.45) is 5.92 Å². The van der Waals surface area contributed by atoms with E-state index < -0.39 is 6.04 Å². The molecule has 2 rings (SSSR count). The van der Waals surface area contributed by atoms with E-state index >= 15 is 0 Å². The Labute approximate surface area is 149 Å². The van der Waals surface area contributed by atoms with Gasteiger partial charge in [0.15, 0.2) is 0 Å². The number of benzene rings is 2. The first-order valence-electron chi connectivity index (χ1n) is 8.45. The molecule has 4 heteroatoms. The molecule has 0 aliphatic carbocycles. The van der Waals surface area contributed by atoms with Crippen LogP contribution >= 0.6 is 0 Å². The minimum Gasteiger partial charge on any atom is -0.467 e. The second-order valence-corrected chi connectivity index (χ2v) is 6.50. The van der Waals surface area contributed by atoms with Crippen LogP contribution in [0.25, 0.3) is 11.1 Å². The van der Waals surface area contributed by atoms with E-state index in [1.807, 2.05) is 62.4 Å². The van der Waals surface area contributed by atoms with Crippen molar-refractivity contribution >= 4 is 11.9 Å². The summed E-state index contributed by atoms with van der Waals surface area (Å²) in [5.41, 5.74) is 2.40. The van der Waals surface area contributed by atoms with Gasteiger partial charge >= 0.3 is 5.97 Å². The van der Waals surface area contributed by atoms with E-state index in [0.717, 1.165) is 11.1 Å². The Hall–Kier alpha value is -2.62. The molecule has 0 heterocycles. The topological polar surface area (TPSA) is 46.6 Å². The Kier molecular flexibility index (Phi) is 6.34. The second-order valence-electron chi connectivity index (χ2n) is 6.50. The number of likely N-dealkylation sites (N-methyl/N-ethyl adjacent to an activating group) is 1. The highest BCUT2D eigenvalue weighted by molar-refractivity contribution is 6.02. The molecule has 2 aromatic rings. The Balaban J connectivity index is 2.38. The van der Waals surface area contributed by atoms with Crippen LogP contribution in [0.3, 0.4) is 0 Å². The van der Waals surface area contributed by atoms with Gasteiger partial charge in [0.2, 0.25) is 0 Å². The van der Waals surface area contributed by atoms with Gasteiger partial charge in [0, 0.05) is 12.6 Å². The molecule has 0 aliphatic heterocycles. The van der Waals surface area contributed by atoms with Crippen molar-refractivity contribution in [1.82, 2.24) is 4.90 Å². The van der Waals surface area contributed by atoms with Gasteiger partial charge in [-0.15, -0.1) is 0 Å². The SMILES string of the molecule is COC(=O)C(CC(C)C)N(C)C(=O)c1ccccc1-c1ccccc1. The predicted molar refractivity (Wildman–Crippen MR) is 99.2 cm³/mol. The molecule has 0 N–H and O–H groups in total. The molecule has 0 radical (unpaired) electrons. The average molecular weight is 339 g/mol. The normalized spacial score (nSPS) is 11.9. The zero-order chi connectivity index (χ0) is 18.4. The quantitative estimate of drug-likeness (QED) is 0.747. The molecule has 132 valence electrons. The smallest absolute Gasteiger partial charge is 0.328 e. The molecule has 0 saturated carbocycles. The fraction of sp³-hybridized carbons (Fsp3) is 0.333. The molecule has 1 unspecified atom stereocenters. The van der Waals surface area contributed by atoms with E-state index in [1.54, 1.807) is 13.1 Å². The van der Waals surface area contributed by atoms with Gasteiger partial charge in [-0.2, -0.15) is 0 Å². The highest BCUT2D eigenvalue weighted by atomic mass is 16.5. The van der Waals surface area contributed by atoms with Crippen molar-refractivity contribution in [2.75, 3.05) is 14.2 Å². The molecule has 0 spiro atoms. The summed E-state index contributed by atoms with van der Waals surface area (Å²) in [6.45, 7) is 4.04. The molecule has 0 aromatic heterocycles. The molecular weight excluding hydrogens is 314 g/mol. The first-order chi connectivity index (χ1) is 12.0. The summed E-state index contributed by atoms with van der Waals surface area (Å²) in [7, 11) is 3.01. The van der Waals surface area contributed by atoms with Gasteiger partial charge in [-0.25, -0.2) is 4.79 Å². The Morgan fingerprint density at radius 2 is 1.60 bits per heavy atom. The number of nitrogens with zero attached hydrogens (tertiary/aromatic N) is 1. The van der Waals surface area contributed by atoms with Crippen LogP contribution in [0, 0.1) is 5.92 Å². The summed E-state index contributed by atoms with van der Waals surface area (Å²) in [4.78, 5) is 26.8. The molecule has 0 fully saturated rings. The maximum Gasteiger partial charge on any atom is 0.328 e. The van der Waals surface area contributed by atoms with E-state index in [9.17, 15) is 9.59 Å². The first kappa shape index (κ1) is 18.7. The molecular formula is C21H25NO3. The fourth-order valence-corrected chi connectivity index (χ4v) is 2.87. The molecule has 0 saturated heterocycles. The van der Waals surface area contributed by atoms with Crippen LogP contribution in [0.1, 0.15) is 30.6 Å². The maximum atomic E-state index is 13.1. The van der Waals surface area contributed by atoms with E-state index in [0.29, 0.717) is 12.0 Å². The van der Waals surface area contributed by atoms with Crippen molar-refractivity contribution in [1.29, 1.82) is 0 Å². The second kappa shape index (κ2) is 8.47. The number of hydrogen-bond donors (Lipinski definition) is 0. The average Bonchev–Trinajstić information content (AvgIpc) is 2.65. The Morgan fingerprint density at radius 1 is 1.00 bits per heavy atom. The zero-order valence-electron chi connectivity index (χ0n) is 15.2. The molecule has 1 amide bonds. The lowest BCUT2D eigenvalue weighted by Crippen LogP contribution is -2.44. The van der Waals surface area contributed by atoms with Crippen molar-refractivity contribution in [3.63, 3.8) is 0 Å². The standard InChI is InChI=1S/C21H25NO3/c1-15(2)14-19(21(24)25-4)22(3)20(23)18-13-9-8-12-17(18)16-10-6-5-7-11-16/h5-13,15,19H,14H2,1-4H3. The van der Waals surface area contributed by atoms with Crippen LogP contribution in [0.15, 0.2) is 54.6 Å². The summed E-state index contributed by atoms with van der Waals surface area (Å²) in [6.07, 6.45) is 0.558. The molecule has 0 bridgehead atoms. The first-order valence-corrected chi connectivity index (χ1v) is 8.45. The molecule has 4 nitrogen and oxygen atoms in total. The lowest BCUT2D eigenvalue weighted by atomic mass is 9.97. The van der Waals surface area contributed by atoms with Gasteiger partial charge in [-0.1, -0.05) is 62.4 Å². The third kappa shape index (κ3) is 4.47. The van der Waals surface area contributed by atoms with Crippen LogP contribution in [0.4, 0.5) is 0 Å². The van der Waals surface area contributed by atoms with Crippen LogP contribution in [0.2, 0.25) is 0 Å². The summed E-state index contributed by atoms with van der Waals surface area (Å²) < 4.78 is 4.90. The monoisotopic (exact) mass is 339 g/mol. The fourth-order valence-electron chi connectivity index (χ4n) is 2.87. The van der Waals surface area contributed by atoms with Gasteiger partial charge in [0.25, 0.3) is 5.91 Å². The summed E-state index contributed by atoms with van der Waals surface area (Å²) in [5.74, 6) is -0.305. The third-order valence-corrected chi connectivity index (χ3v) is 4.20. The number of carbonyl (C=O) groups excluding carboxylic acids is 2. The largest absolute Gasteiger partial charge is 0.467 e. The van der Waals surface area contributed by atoms with Gasteiger partial charge in [-0.3, -0.25) is 4.79 Å². The van der Waals surface area contributed by atoms with E-state index in [4.69, 9.17) is 4.74 Å². The van der Waals surface area contributed by atoms with Gasteiger partial charge in [0.1, 0.15) is 6.04 Å². The van der Waals surface area contributed by atoms with Gasteiger partial charge < -0.3 is 9.64 Å². The molecule has 25 heavy (non-hydrogen) atoms. The number of methoxy groups -OCH3 is 1. The molecule has 2 aromatic carbocycles. The molecule has 1 atom stereocenters. The number of rotatable bonds is 6. The Morgan fingerprint density at radius 3 is 2.20 bits per heavy atom. The van der Waals surface area contributed by atoms with Crippen LogP contribution < -0.4 is 0 Å². The van der Waals surface area contributed by atoms with Crippen molar-refractivity contribution in [3.8, 4) is 11.1 Å². The highest BCUT2D eigenvalue weighted by Gasteiger charge is 2.30. The van der Waals surface area contributed by atoms with Crippen molar-refractivity contribution < 1.29 is 14.3 Å². The van der Waals surface area contributed by atoms with Gasteiger partial charge in [0.05, 0.1) is 7.11 Å². The maximum absolute atomic E-state index is 13.1. The molecule has 0 aliphatic rings. The zero-order valence-corrected chi connectivity index (χ0v) is 15.2. The van der Waals surface area contributed by atoms with Crippen LogP contribution in [-0.2, 0) is 9.53 Å². The van der Waals surface area contributed by atoms with E-state index in [-0.39, 0.29) is 17.8 Å². The summed E-state index contributed by atoms with van der Waals surface area (Å²) in [5, 5.41) is 0. The minimum atomic E-state index is -0.596. The van der Waals surface area contributed by atoms with E-state index in [2.05, 4.69) is 0 Å². The minimum absolute atomic E-state index is 0.185. The van der Waals surface area contributed by atoms with Crippen molar-refractivity contribution in [3.05, 3.63) is 60.2 Å². The highest BCUT2D eigenvalue weighted by Crippen LogP contribution is 2.25. The third-order valence-electron chi connectivity index (χ3n) is 4.20. The Bertz CT molecular complexity index is 725. The van der Waals surface area contributed by atoms with E-state index in [1.165, 1.54) is 12.0 Å². The number of amides is 1. The number of carbonyl (C=O) groups is 2. The summed E-state index contributed by atoms with van der Waals surface area (Å²) in [6, 6.07) is 16.6. The number of hydrogen-bond acceptors (Lipinski definition) is 3. The van der Waals surface area contributed by atoms with Gasteiger partial charge in [-0.05, 0) is 29.5 Å². The van der Waals surface area contributed by atoms with Crippen LogP contribution in [0.5, 0.6) is 0 Å². The number of ether oxygens (including phenoxy) is 1. The lowest BCUT2D eigenvalue weighted by Gasteiger charge is -2.28. The van der Waals surface area contributed by atoms with Crippen LogP contribution in [-0.4, -0.2) is 37.0 Å². The predicted octanol–water partition coefficient (Wildman–Crippen LogP) is 4.01.